The lowest BCUT2D eigenvalue weighted by molar-refractivity contribution is -0.131. The highest BCUT2D eigenvalue weighted by atomic mass is 16.2. The van der Waals surface area contributed by atoms with Crippen molar-refractivity contribution in [1.29, 1.82) is 0 Å². The predicted molar refractivity (Wildman–Crippen MR) is 100 cm³/mol. The average molecular weight is 345 g/mol. The number of piperidine rings is 1. The minimum Gasteiger partial charge on any atom is -0.348 e. The SMILES string of the molecule is CC(=O)N1CCC(NC(C)C(=O)NC(C)c2ccccc2C)C(C)C1. The number of nitrogens with zero attached hydrogens (tertiary/aromatic N) is 1. The second-order valence-corrected chi connectivity index (χ2v) is 7.31. The monoisotopic (exact) mass is 345 g/mol. The van der Waals surface area contributed by atoms with E-state index < -0.39 is 0 Å². The topological polar surface area (TPSA) is 61.4 Å². The lowest BCUT2D eigenvalue weighted by Crippen LogP contribution is -2.54. The molecule has 1 heterocycles. The van der Waals surface area contributed by atoms with Crippen LogP contribution in [0, 0.1) is 12.8 Å². The Kier molecular flexibility index (Phi) is 6.59. The predicted octanol–water partition coefficient (Wildman–Crippen LogP) is 2.41. The van der Waals surface area contributed by atoms with Crippen molar-refractivity contribution in [3.8, 4) is 0 Å². The molecule has 4 unspecified atom stereocenters. The molecule has 5 heteroatoms. The summed E-state index contributed by atoms with van der Waals surface area (Å²) in [5.74, 6) is 0.474. The molecule has 0 radical (unpaired) electrons. The number of benzene rings is 1. The van der Waals surface area contributed by atoms with Gasteiger partial charge in [0.1, 0.15) is 0 Å². The molecule has 2 N–H and O–H groups in total. The number of carbonyl (C=O) groups is 2. The third-order valence-electron chi connectivity index (χ3n) is 5.22. The average Bonchev–Trinajstić information content (AvgIpc) is 2.56. The Balaban J connectivity index is 1.88. The third-order valence-corrected chi connectivity index (χ3v) is 5.22. The molecule has 0 bridgehead atoms. The fraction of sp³-hybridized carbons (Fsp3) is 0.600. The van der Waals surface area contributed by atoms with E-state index in [0.29, 0.717) is 5.92 Å². The van der Waals surface area contributed by atoms with Crippen LogP contribution in [0.1, 0.15) is 51.3 Å². The van der Waals surface area contributed by atoms with Gasteiger partial charge in [0, 0.05) is 26.1 Å². The lowest BCUT2D eigenvalue weighted by Gasteiger charge is -2.38. The smallest absolute Gasteiger partial charge is 0.237 e. The van der Waals surface area contributed by atoms with Gasteiger partial charge >= 0.3 is 0 Å². The highest BCUT2D eigenvalue weighted by Gasteiger charge is 2.29. The second kappa shape index (κ2) is 8.48. The number of carbonyl (C=O) groups excluding carboxylic acids is 2. The Morgan fingerprint density at radius 3 is 2.52 bits per heavy atom. The highest BCUT2D eigenvalue weighted by Crippen LogP contribution is 2.19. The van der Waals surface area contributed by atoms with E-state index in [1.54, 1.807) is 6.92 Å². The van der Waals surface area contributed by atoms with Gasteiger partial charge in [-0.3, -0.25) is 9.59 Å². The van der Waals surface area contributed by atoms with E-state index in [9.17, 15) is 9.59 Å². The van der Waals surface area contributed by atoms with Crippen molar-refractivity contribution in [2.24, 2.45) is 5.92 Å². The molecule has 0 spiro atoms. The number of rotatable bonds is 5. The normalized spacial score (nSPS) is 23.0. The maximum atomic E-state index is 12.6. The van der Waals surface area contributed by atoms with Gasteiger partial charge in [0.05, 0.1) is 12.1 Å². The standard InChI is InChI=1S/C20H31N3O2/c1-13-8-6-7-9-18(13)15(3)22-20(25)16(4)21-19-10-11-23(17(5)24)12-14(19)2/h6-9,14-16,19,21H,10-12H2,1-5H3,(H,22,25). The number of likely N-dealkylation sites (tertiary alicyclic amines) is 1. The quantitative estimate of drug-likeness (QED) is 0.861. The zero-order valence-electron chi connectivity index (χ0n) is 16.0. The summed E-state index contributed by atoms with van der Waals surface area (Å²) < 4.78 is 0. The van der Waals surface area contributed by atoms with Crippen molar-refractivity contribution in [2.45, 2.75) is 59.2 Å². The van der Waals surface area contributed by atoms with Crippen LogP contribution in [0.25, 0.3) is 0 Å². The van der Waals surface area contributed by atoms with Crippen molar-refractivity contribution in [2.75, 3.05) is 13.1 Å². The van der Waals surface area contributed by atoms with E-state index in [4.69, 9.17) is 0 Å². The number of hydrogen-bond donors (Lipinski definition) is 2. The van der Waals surface area contributed by atoms with Gasteiger partial charge in [-0.2, -0.15) is 0 Å². The summed E-state index contributed by atoms with van der Waals surface area (Å²) >= 11 is 0. The number of hydrogen-bond acceptors (Lipinski definition) is 3. The molecule has 1 fully saturated rings. The Morgan fingerprint density at radius 2 is 1.92 bits per heavy atom. The summed E-state index contributed by atoms with van der Waals surface area (Å²) in [6, 6.07) is 8.09. The van der Waals surface area contributed by atoms with Gasteiger partial charge in [0.25, 0.3) is 0 Å². The van der Waals surface area contributed by atoms with Crippen molar-refractivity contribution in [3.63, 3.8) is 0 Å². The molecule has 0 aliphatic carbocycles. The molecule has 2 rings (SSSR count). The lowest BCUT2D eigenvalue weighted by atomic mass is 9.93. The first-order chi connectivity index (χ1) is 11.8. The van der Waals surface area contributed by atoms with Crippen molar-refractivity contribution in [1.82, 2.24) is 15.5 Å². The minimum absolute atomic E-state index is 0.0111. The number of aryl methyl sites for hydroxylation is 1. The van der Waals surface area contributed by atoms with Crippen LogP contribution in [0.2, 0.25) is 0 Å². The van der Waals surface area contributed by atoms with Crippen LogP contribution >= 0.6 is 0 Å². The largest absolute Gasteiger partial charge is 0.348 e. The minimum atomic E-state index is -0.261. The van der Waals surface area contributed by atoms with Crippen LogP contribution in [-0.2, 0) is 9.59 Å². The molecule has 5 nitrogen and oxygen atoms in total. The van der Waals surface area contributed by atoms with E-state index in [1.165, 1.54) is 5.56 Å². The van der Waals surface area contributed by atoms with E-state index in [-0.39, 0.29) is 29.9 Å². The summed E-state index contributed by atoms with van der Waals surface area (Å²) in [6.07, 6.45) is 0.881. The van der Waals surface area contributed by atoms with Gasteiger partial charge < -0.3 is 15.5 Å². The van der Waals surface area contributed by atoms with Gasteiger partial charge in [-0.05, 0) is 44.2 Å². The van der Waals surface area contributed by atoms with Crippen LogP contribution in [0.5, 0.6) is 0 Å². The Labute approximate surface area is 151 Å². The van der Waals surface area contributed by atoms with E-state index in [0.717, 1.165) is 25.1 Å². The van der Waals surface area contributed by atoms with Gasteiger partial charge in [0.15, 0.2) is 0 Å². The molecule has 1 aliphatic rings. The molecule has 1 saturated heterocycles. The van der Waals surface area contributed by atoms with Crippen LogP contribution in [-0.4, -0.2) is 41.9 Å². The fourth-order valence-corrected chi connectivity index (χ4v) is 3.56. The van der Waals surface area contributed by atoms with Crippen LogP contribution in [0.15, 0.2) is 24.3 Å². The Hall–Kier alpha value is -1.88. The first kappa shape index (κ1) is 19.4. The molecule has 25 heavy (non-hydrogen) atoms. The molecule has 0 aromatic heterocycles. The summed E-state index contributed by atoms with van der Waals surface area (Å²) in [4.78, 5) is 25.9. The molecule has 0 saturated carbocycles. The highest BCUT2D eigenvalue weighted by molar-refractivity contribution is 5.81. The van der Waals surface area contributed by atoms with Crippen LogP contribution in [0.3, 0.4) is 0 Å². The summed E-state index contributed by atoms with van der Waals surface area (Å²) in [6.45, 7) is 11.2. The van der Waals surface area contributed by atoms with Gasteiger partial charge in [-0.15, -0.1) is 0 Å². The maximum Gasteiger partial charge on any atom is 0.237 e. The fourth-order valence-electron chi connectivity index (χ4n) is 3.56. The second-order valence-electron chi connectivity index (χ2n) is 7.31. The van der Waals surface area contributed by atoms with Crippen molar-refractivity contribution < 1.29 is 9.59 Å². The van der Waals surface area contributed by atoms with E-state index in [1.807, 2.05) is 30.9 Å². The molecule has 2 amide bonds. The summed E-state index contributed by atoms with van der Waals surface area (Å²) in [5.41, 5.74) is 2.33. The first-order valence-electron chi connectivity index (χ1n) is 9.17. The third kappa shape index (κ3) is 5.05. The van der Waals surface area contributed by atoms with E-state index in [2.05, 4.69) is 36.6 Å². The molecule has 1 aliphatic heterocycles. The van der Waals surface area contributed by atoms with Crippen molar-refractivity contribution in [3.05, 3.63) is 35.4 Å². The molecular formula is C20H31N3O2. The van der Waals surface area contributed by atoms with Crippen LogP contribution < -0.4 is 10.6 Å². The molecular weight excluding hydrogens is 314 g/mol. The maximum absolute atomic E-state index is 12.6. The van der Waals surface area contributed by atoms with Gasteiger partial charge in [-0.1, -0.05) is 31.2 Å². The molecule has 1 aromatic rings. The molecule has 138 valence electrons. The van der Waals surface area contributed by atoms with Crippen molar-refractivity contribution >= 4 is 11.8 Å². The zero-order valence-corrected chi connectivity index (χ0v) is 16.0. The van der Waals surface area contributed by atoms with E-state index >= 15 is 0 Å². The van der Waals surface area contributed by atoms with Gasteiger partial charge in [0.2, 0.25) is 11.8 Å². The first-order valence-corrected chi connectivity index (χ1v) is 9.17. The molecule has 4 atom stereocenters. The van der Waals surface area contributed by atoms with Gasteiger partial charge in [-0.25, -0.2) is 0 Å². The Bertz CT molecular complexity index is 617. The summed E-state index contributed by atoms with van der Waals surface area (Å²) in [7, 11) is 0. The Morgan fingerprint density at radius 1 is 1.24 bits per heavy atom. The molecule has 1 aromatic carbocycles. The van der Waals surface area contributed by atoms with Crippen LogP contribution in [0.4, 0.5) is 0 Å². The zero-order chi connectivity index (χ0) is 18.6. The number of amides is 2. The number of nitrogens with one attached hydrogen (secondary N) is 2. The summed E-state index contributed by atoms with van der Waals surface area (Å²) in [5, 5.41) is 6.55.